The molecule has 1 saturated carbocycles. The number of thioether (sulfide) groups is 1. The number of nitrogens with zero attached hydrogens (tertiary/aromatic N) is 6. The summed E-state index contributed by atoms with van der Waals surface area (Å²) in [7, 11) is 5.15. The van der Waals surface area contributed by atoms with Gasteiger partial charge in [-0.15, -0.1) is 17.7 Å². The largest absolute Gasteiger partial charge is 0.467 e. The summed E-state index contributed by atoms with van der Waals surface area (Å²) in [6.45, 7) is 6.10. The van der Waals surface area contributed by atoms with Crippen molar-refractivity contribution in [1.29, 1.82) is 0 Å². The number of aryl methyl sites for hydroxylation is 1. The zero-order chi connectivity index (χ0) is 28.8. The maximum atomic E-state index is 12.8. The molecule has 1 amide bonds. The van der Waals surface area contributed by atoms with E-state index in [4.69, 9.17) is 25.5 Å². The zero-order valence-corrected chi connectivity index (χ0v) is 25.3. The molecular weight excluding hydrogens is 534 g/mol. The molecule has 2 aliphatic heterocycles. The number of rotatable bonds is 5. The predicted octanol–water partition coefficient (Wildman–Crippen LogP) is 4.46. The van der Waals surface area contributed by atoms with Crippen molar-refractivity contribution in [1.82, 2.24) is 24.6 Å². The van der Waals surface area contributed by atoms with Gasteiger partial charge in [0.2, 0.25) is 0 Å². The normalized spacial score (nSPS) is 18.1. The minimum atomic E-state index is -0.0710. The Bertz CT molecular complexity index is 1580. The van der Waals surface area contributed by atoms with Crippen LogP contribution in [0.5, 0.6) is 6.01 Å². The zero-order valence-electron chi connectivity index (χ0n) is 24.5. The smallest absolute Gasteiger partial charge is 0.318 e. The van der Waals surface area contributed by atoms with Gasteiger partial charge >= 0.3 is 6.01 Å². The first-order chi connectivity index (χ1) is 19.8. The Morgan fingerprint density at radius 1 is 1.22 bits per heavy atom. The number of benzene rings is 1. The highest BCUT2D eigenvalue weighted by Gasteiger charge is 2.35. The summed E-state index contributed by atoms with van der Waals surface area (Å²) in [6.07, 6.45) is 4.09. The Hall–Kier alpha value is -3.71. The molecule has 214 valence electrons. The van der Waals surface area contributed by atoms with Gasteiger partial charge in [0.1, 0.15) is 5.82 Å². The average Bonchev–Trinajstić information content (AvgIpc) is 3.78. The molecule has 1 unspecified atom stereocenters. The second-order valence-electron chi connectivity index (χ2n) is 11.3. The fourth-order valence-electron chi connectivity index (χ4n) is 6.05. The van der Waals surface area contributed by atoms with Gasteiger partial charge in [0.15, 0.2) is 5.69 Å². The van der Waals surface area contributed by atoms with E-state index in [1.165, 1.54) is 24.0 Å². The first-order valence-corrected chi connectivity index (χ1v) is 15.3. The summed E-state index contributed by atoms with van der Waals surface area (Å²) >= 11 is 1.93. The summed E-state index contributed by atoms with van der Waals surface area (Å²) in [5.41, 5.74) is 15.6. The molecular formula is C31H37N7O2S. The van der Waals surface area contributed by atoms with Gasteiger partial charge in [0.25, 0.3) is 5.91 Å². The van der Waals surface area contributed by atoms with Crippen LogP contribution in [-0.2, 0) is 25.3 Å². The van der Waals surface area contributed by atoms with Gasteiger partial charge in [-0.2, -0.15) is 15.1 Å². The fraction of sp³-hybridized carbons (Fsp3) is 0.484. The molecule has 0 spiro atoms. The van der Waals surface area contributed by atoms with Crippen LogP contribution in [0.3, 0.4) is 0 Å². The molecule has 2 N–H and O–H groups in total. The van der Waals surface area contributed by atoms with Crippen molar-refractivity contribution in [3.8, 4) is 17.9 Å². The van der Waals surface area contributed by atoms with Crippen molar-refractivity contribution < 1.29 is 9.53 Å². The third-order valence-corrected chi connectivity index (χ3v) is 9.51. The van der Waals surface area contributed by atoms with E-state index in [9.17, 15) is 4.79 Å². The molecule has 41 heavy (non-hydrogen) atoms. The van der Waals surface area contributed by atoms with Gasteiger partial charge in [-0.3, -0.25) is 9.48 Å². The van der Waals surface area contributed by atoms with Crippen molar-refractivity contribution in [3.05, 3.63) is 57.0 Å². The molecule has 3 aromatic rings. The highest BCUT2D eigenvalue weighted by atomic mass is 32.2. The Morgan fingerprint density at radius 3 is 2.73 bits per heavy atom. The number of methoxy groups -OCH3 is 1. The number of nitrogen functional groups attached to an aromatic ring is 1. The minimum absolute atomic E-state index is 0.0710. The van der Waals surface area contributed by atoms with E-state index >= 15 is 0 Å². The van der Waals surface area contributed by atoms with Gasteiger partial charge in [-0.1, -0.05) is 5.92 Å². The monoisotopic (exact) mass is 571 g/mol. The van der Waals surface area contributed by atoms with Crippen LogP contribution in [-0.4, -0.2) is 58.3 Å². The number of carbonyl (C=O) groups excluding carboxylic acids is 1. The van der Waals surface area contributed by atoms with Gasteiger partial charge < -0.3 is 20.3 Å². The molecule has 1 atom stereocenters. The fourth-order valence-corrected chi connectivity index (χ4v) is 7.37. The third-order valence-electron chi connectivity index (χ3n) is 8.23. The van der Waals surface area contributed by atoms with E-state index < -0.39 is 0 Å². The van der Waals surface area contributed by atoms with Crippen molar-refractivity contribution in [2.75, 3.05) is 38.4 Å². The number of ether oxygens (including phenoxy) is 1. The molecule has 0 bridgehead atoms. The number of hydrogen-bond donors (Lipinski definition) is 1. The summed E-state index contributed by atoms with van der Waals surface area (Å²) < 4.78 is 7.62. The summed E-state index contributed by atoms with van der Waals surface area (Å²) in [5, 5.41) is 4.93. The number of fused-ring (bicyclic) bond motifs is 2. The van der Waals surface area contributed by atoms with Gasteiger partial charge in [-0.05, 0) is 62.3 Å². The summed E-state index contributed by atoms with van der Waals surface area (Å²) in [5.74, 6) is 8.61. The second-order valence-corrected chi connectivity index (χ2v) is 12.5. The average molecular weight is 572 g/mol. The maximum Gasteiger partial charge on any atom is 0.318 e. The van der Waals surface area contributed by atoms with Crippen LogP contribution >= 0.6 is 11.8 Å². The Labute approximate surface area is 245 Å². The van der Waals surface area contributed by atoms with Crippen LogP contribution in [0.15, 0.2) is 12.1 Å². The molecule has 4 heterocycles. The maximum absolute atomic E-state index is 12.8. The molecule has 3 aliphatic rings. The number of anilines is 2. The van der Waals surface area contributed by atoms with Crippen molar-refractivity contribution >= 4 is 29.2 Å². The number of hydrogen-bond acceptors (Lipinski definition) is 8. The first kappa shape index (κ1) is 27.5. The molecule has 9 nitrogen and oxygen atoms in total. The Morgan fingerprint density at radius 2 is 2.02 bits per heavy atom. The van der Waals surface area contributed by atoms with Gasteiger partial charge in [0, 0.05) is 67.0 Å². The van der Waals surface area contributed by atoms with E-state index in [1.807, 2.05) is 36.4 Å². The van der Waals surface area contributed by atoms with Crippen LogP contribution in [0.2, 0.25) is 0 Å². The Kier molecular flexibility index (Phi) is 7.32. The van der Waals surface area contributed by atoms with Gasteiger partial charge in [0.05, 0.1) is 25.0 Å². The van der Waals surface area contributed by atoms with Crippen LogP contribution in [0, 0.1) is 18.8 Å². The first-order valence-electron chi connectivity index (χ1n) is 14.2. The molecule has 0 saturated heterocycles. The quantitative estimate of drug-likeness (QED) is 0.354. The van der Waals surface area contributed by atoms with Crippen LogP contribution in [0.1, 0.15) is 87.0 Å². The molecule has 1 aliphatic carbocycles. The van der Waals surface area contributed by atoms with Crippen LogP contribution < -0.4 is 15.4 Å². The SMILES string of the molecule is CC#Cc1cc(N)cc(C2Cc3nc(OC)nc(N4CCCn5nc(C(=O)N(C)C)c(C)c5C4)c3CS2)c1C1CC1. The predicted molar refractivity (Wildman–Crippen MR) is 162 cm³/mol. The number of nitrogens with two attached hydrogens (primary N) is 1. The van der Waals surface area contributed by atoms with Gasteiger partial charge in [-0.25, -0.2) is 0 Å². The standard InChI is InChI=1S/C31H37N7O2S/c1-6-8-20-13-21(32)14-22(27(20)19-9-10-19)26-15-24-23(17-41-26)29(34-31(33-24)40-5)37-11-7-12-38-25(16-37)18(2)28(35-38)30(39)36(3)4/h13-14,19,26H,7,9-12,15-17,32H2,1-5H3. The Balaban J connectivity index is 1.36. The van der Waals surface area contributed by atoms with E-state index in [0.717, 1.165) is 71.3 Å². The second kappa shape index (κ2) is 10.9. The summed E-state index contributed by atoms with van der Waals surface area (Å²) in [4.78, 5) is 26.4. The van der Waals surface area contributed by atoms with Crippen molar-refractivity contribution in [2.45, 2.75) is 69.5 Å². The lowest BCUT2D eigenvalue weighted by Crippen LogP contribution is -2.28. The number of aromatic nitrogens is 4. The van der Waals surface area contributed by atoms with E-state index in [2.05, 4.69) is 22.8 Å². The highest BCUT2D eigenvalue weighted by Crippen LogP contribution is 2.50. The topological polar surface area (TPSA) is 102 Å². The van der Waals surface area contributed by atoms with E-state index in [-0.39, 0.29) is 11.2 Å². The molecule has 1 aromatic carbocycles. The lowest BCUT2D eigenvalue weighted by molar-refractivity contribution is 0.0820. The summed E-state index contributed by atoms with van der Waals surface area (Å²) in [6, 6.07) is 4.57. The molecule has 6 rings (SSSR count). The molecule has 0 radical (unpaired) electrons. The lowest BCUT2D eigenvalue weighted by Gasteiger charge is -2.31. The van der Waals surface area contributed by atoms with Crippen molar-refractivity contribution in [2.24, 2.45) is 0 Å². The number of carbonyl (C=O) groups is 1. The van der Waals surface area contributed by atoms with Crippen LogP contribution in [0.25, 0.3) is 0 Å². The minimum Gasteiger partial charge on any atom is -0.467 e. The van der Waals surface area contributed by atoms with Crippen LogP contribution in [0.4, 0.5) is 11.5 Å². The van der Waals surface area contributed by atoms with Crippen molar-refractivity contribution in [3.63, 3.8) is 0 Å². The van der Waals surface area contributed by atoms with E-state index in [1.54, 1.807) is 26.1 Å². The molecule has 1 fully saturated rings. The lowest BCUT2D eigenvalue weighted by atomic mass is 9.92. The number of amides is 1. The molecule has 2 aromatic heterocycles. The highest BCUT2D eigenvalue weighted by molar-refractivity contribution is 7.98. The third kappa shape index (κ3) is 5.12. The van der Waals surface area contributed by atoms with E-state index in [0.29, 0.717) is 24.2 Å². The molecule has 10 heteroatoms.